The Hall–Kier alpha value is -1.88. The van der Waals surface area contributed by atoms with Crippen LogP contribution in [-0.4, -0.2) is 11.5 Å². The molecule has 0 bridgehead atoms. The standard InChI is InChI=1S/C14H13BrN2O2/c15-12-6-8-13(9-7-12)16-14(10-17(18)19)11-4-2-1-3-5-11/h1-9,14,16H,10H2. The lowest BCUT2D eigenvalue weighted by molar-refractivity contribution is -0.482. The number of halogens is 1. The first-order valence-corrected chi connectivity index (χ1v) is 6.63. The molecule has 4 nitrogen and oxygen atoms in total. The van der Waals surface area contributed by atoms with Crippen LogP contribution in [0.2, 0.25) is 0 Å². The van der Waals surface area contributed by atoms with E-state index in [1.54, 1.807) is 0 Å². The molecule has 0 spiro atoms. The molecule has 19 heavy (non-hydrogen) atoms. The van der Waals surface area contributed by atoms with E-state index in [0.717, 1.165) is 15.7 Å². The van der Waals surface area contributed by atoms with Crippen molar-refractivity contribution >= 4 is 21.6 Å². The minimum Gasteiger partial charge on any atom is -0.372 e. The Labute approximate surface area is 119 Å². The van der Waals surface area contributed by atoms with Gasteiger partial charge in [0.05, 0.1) is 0 Å². The van der Waals surface area contributed by atoms with Gasteiger partial charge in [0.15, 0.2) is 0 Å². The Morgan fingerprint density at radius 1 is 1.11 bits per heavy atom. The summed E-state index contributed by atoms with van der Waals surface area (Å²) in [5, 5.41) is 14.0. The van der Waals surface area contributed by atoms with Gasteiger partial charge in [-0.05, 0) is 29.8 Å². The van der Waals surface area contributed by atoms with E-state index in [4.69, 9.17) is 0 Å². The maximum atomic E-state index is 10.8. The van der Waals surface area contributed by atoms with Crippen LogP contribution in [0.1, 0.15) is 11.6 Å². The van der Waals surface area contributed by atoms with Gasteiger partial charge in [-0.25, -0.2) is 0 Å². The molecule has 0 amide bonds. The molecule has 0 aliphatic heterocycles. The van der Waals surface area contributed by atoms with Crippen LogP contribution in [0.3, 0.4) is 0 Å². The third-order valence-electron chi connectivity index (χ3n) is 2.72. The van der Waals surface area contributed by atoms with Crippen molar-refractivity contribution in [2.24, 2.45) is 0 Å². The van der Waals surface area contributed by atoms with E-state index >= 15 is 0 Å². The summed E-state index contributed by atoms with van der Waals surface area (Å²) in [4.78, 5) is 10.5. The van der Waals surface area contributed by atoms with Crippen LogP contribution in [0.25, 0.3) is 0 Å². The third-order valence-corrected chi connectivity index (χ3v) is 3.25. The lowest BCUT2D eigenvalue weighted by Crippen LogP contribution is -2.20. The molecule has 0 saturated heterocycles. The SMILES string of the molecule is O=[N+]([O-])CC(Nc1ccc(Br)cc1)c1ccccc1. The number of anilines is 1. The van der Waals surface area contributed by atoms with Gasteiger partial charge in [-0.3, -0.25) is 10.1 Å². The van der Waals surface area contributed by atoms with E-state index in [2.05, 4.69) is 21.2 Å². The van der Waals surface area contributed by atoms with E-state index < -0.39 is 0 Å². The highest BCUT2D eigenvalue weighted by atomic mass is 79.9. The second kappa shape index (κ2) is 6.33. The van der Waals surface area contributed by atoms with Gasteiger partial charge in [0.1, 0.15) is 6.04 Å². The van der Waals surface area contributed by atoms with Crippen molar-refractivity contribution in [1.29, 1.82) is 0 Å². The van der Waals surface area contributed by atoms with Gasteiger partial charge < -0.3 is 5.32 Å². The van der Waals surface area contributed by atoms with Crippen LogP contribution in [0, 0.1) is 10.1 Å². The molecule has 0 saturated carbocycles. The van der Waals surface area contributed by atoms with Crippen LogP contribution in [0.4, 0.5) is 5.69 Å². The summed E-state index contributed by atoms with van der Waals surface area (Å²) in [5.74, 6) is 0. The normalized spacial score (nSPS) is 11.8. The predicted octanol–water partition coefficient (Wildman–Crippen LogP) is 3.88. The van der Waals surface area contributed by atoms with Crippen molar-refractivity contribution < 1.29 is 4.92 Å². The Morgan fingerprint density at radius 2 is 1.74 bits per heavy atom. The van der Waals surface area contributed by atoms with Crippen LogP contribution >= 0.6 is 15.9 Å². The van der Waals surface area contributed by atoms with Crippen molar-refractivity contribution in [3.05, 3.63) is 74.7 Å². The largest absolute Gasteiger partial charge is 0.372 e. The average Bonchev–Trinajstić information content (AvgIpc) is 2.41. The Morgan fingerprint density at radius 3 is 2.32 bits per heavy atom. The quantitative estimate of drug-likeness (QED) is 0.672. The Balaban J connectivity index is 2.19. The summed E-state index contributed by atoms with van der Waals surface area (Å²) < 4.78 is 0.976. The van der Waals surface area contributed by atoms with E-state index in [0.29, 0.717) is 0 Å². The molecule has 0 aliphatic carbocycles. The number of nitrogens with zero attached hydrogens (tertiary/aromatic N) is 1. The van der Waals surface area contributed by atoms with Gasteiger partial charge >= 0.3 is 0 Å². The fourth-order valence-corrected chi connectivity index (χ4v) is 2.08. The van der Waals surface area contributed by atoms with Gasteiger partial charge in [-0.15, -0.1) is 0 Å². The van der Waals surface area contributed by atoms with Crippen LogP contribution in [0.5, 0.6) is 0 Å². The molecular formula is C14H13BrN2O2. The molecule has 1 unspecified atom stereocenters. The average molecular weight is 321 g/mol. The van der Waals surface area contributed by atoms with Crippen LogP contribution in [-0.2, 0) is 0 Å². The first-order chi connectivity index (χ1) is 9.15. The Kier molecular flexibility index (Phi) is 4.52. The highest BCUT2D eigenvalue weighted by Crippen LogP contribution is 2.21. The molecule has 2 rings (SSSR count). The summed E-state index contributed by atoms with van der Waals surface area (Å²) >= 11 is 3.36. The summed E-state index contributed by atoms with van der Waals surface area (Å²) in [5.41, 5.74) is 1.76. The first kappa shape index (κ1) is 13.5. The summed E-state index contributed by atoms with van der Waals surface area (Å²) in [6, 6.07) is 16.7. The monoisotopic (exact) mass is 320 g/mol. The molecule has 1 atom stereocenters. The van der Waals surface area contributed by atoms with Crippen molar-refractivity contribution in [2.45, 2.75) is 6.04 Å². The molecule has 0 fully saturated rings. The van der Waals surface area contributed by atoms with Gasteiger partial charge in [0.2, 0.25) is 6.54 Å². The molecule has 0 heterocycles. The lowest BCUT2D eigenvalue weighted by Gasteiger charge is -2.16. The highest BCUT2D eigenvalue weighted by Gasteiger charge is 2.17. The van der Waals surface area contributed by atoms with E-state index in [1.165, 1.54) is 0 Å². The zero-order chi connectivity index (χ0) is 13.7. The smallest absolute Gasteiger partial charge is 0.227 e. The van der Waals surface area contributed by atoms with Crippen molar-refractivity contribution in [1.82, 2.24) is 0 Å². The Bertz CT molecular complexity index is 543. The third kappa shape index (κ3) is 4.06. The fraction of sp³-hybridized carbons (Fsp3) is 0.143. The highest BCUT2D eigenvalue weighted by molar-refractivity contribution is 9.10. The fourth-order valence-electron chi connectivity index (χ4n) is 1.82. The molecule has 1 N–H and O–H groups in total. The van der Waals surface area contributed by atoms with E-state index in [1.807, 2.05) is 54.6 Å². The van der Waals surface area contributed by atoms with Crippen molar-refractivity contribution in [3.63, 3.8) is 0 Å². The summed E-state index contributed by atoms with van der Waals surface area (Å²) in [6.07, 6.45) is 0. The second-order valence-corrected chi connectivity index (χ2v) is 5.05. The van der Waals surface area contributed by atoms with Crippen LogP contribution < -0.4 is 5.32 Å². The molecule has 98 valence electrons. The van der Waals surface area contributed by atoms with Crippen molar-refractivity contribution in [3.8, 4) is 0 Å². The number of benzene rings is 2. The summed E-state index contributed by atoms with van der Waals surface area (Å²) in [6.45, 7) is -0.153. The molecule has 0 aliphatic rings. The van der Waals surface area contributed by atoms with Gasteiger partial charge in [-0.1, -0.05) is 46.3 Å². The van der Waals surface area contributed by atoms with Gasteiger partial charge in [0, 0.05) is 15.1 Å². The van der Waals surface area contributed by atoms with Crippen LogP contribution in [0.15, 0.2) is 59.1 Å². The molecule has 0 aromatic heterocycles. The number of hydrogen-bond acceptors (Lipinski definition) is 3. The van der Waals surface area contributed by atoms with Gasteiger partial charge in [-0.2, -0.15) is 0 Å². The van der Waals surface area contributed by atoms with Crippen molar-refractivity contribution in [2.75, 3.05) is 11.9 Å². The summed E-state index contributed by atoms with van der Waals surface area (Å²) in [7, 11) is 0. The van der Waals surface area contributed by atoms with E-state index in [9.17, 15) is 10.1 Å². The number of nitrogens with one attached hydrogen (secondary N) is 1. The second-order valence-electron chi connectivity index (χ2n) is 4.13. The molecular weight excluding hydrogens is 308 g/mol. The zero-order valence-electron chi connectivity index (χ0n) is 10.1. The number of nitro groups is 1. The molecule has 0 radical (unpaired) electrons. The number of rotatable bonds is 5. The van der Waals surface area contributed by atoms with Gasteiger partial charge in [0.25, 0.3) is 0 Å². The zero-order valence-corrected chi connectivity index (χ0v) is 11.7. The molecule has 5 heteroatoms. The maximum Gasteiger partial charge on any atom is 0.227 e. The minimum absolute atomic E-state index is 0.153. The topological polar surface area (TPSA) is 55.2 Å². The van der Waals surface area contributed by atoms with E-state index in [-0.39, 0.29) is 17.5 Å². The number of hydrogen-bond donors (Lipinski definition) is 1. The maximum absolute atomic E-state index is 10.8. The molecule has 2 aromatic carbocycles. The lowest BCUT2D eigenvalue weighted by atomic mass is 10.1. The first-order valence-electron chi connectivity index (χ1n) is 5.84. The predicted molar refractivity (Wildman–Crippen MR) is 78.8 cm³/mol. The minimum atomic E-state index is -0.336. The molecule has 2 aromatic rings.